The Kier molecular flexibility index (Phi) is 3.40. The number of aromatic nitrogens is 2. The van der Waals surface area contributed by atoms with E-state index >= 15 is 0 Å². The largest absolute Gasteiger partial charge is 0.445 e. The van der Waals surface area contributed by atoms with Gasteiger partial charge >= 0.3 is 6.18 Å². The highest BCUT2D eigenvalue weighted by Gasteiger charge is 2.36. The van der Waals surface area contributed by atoms with Crippen LogP contribution in [0, 0.1) is 5.82 Å². The zero-order valence-electron chi connectivity index (χ0n) is 8.33. The number of hydrogen-bond donors (Lipinski definition) is 0. The first-order valence-electron chi connectivity index (χ1n) is 4.40. The van der Waals surface area contributed by atoms with E-state index in [0.29, 0.717) is 0 Å². The Morgan fingerprint density at radius 2 is 1.94 bits per heavy atom. The van der Waals surface area contributed by atoms with Crippen molar-refractivity contribution in [2.24, 2.45) is 0 Å². The maximum atomic E-state index is 12.7. The first kappa shape index (κ1) is 13.0. The minimum Gasteiger partial charge on any atom is -0.428 e. The van der Waals surface area contributed by atoms with E-state index in [2.05, 4.69) is 10.2 Å². The van der Waals surface area contributed by atoms with Gasteiger partial charge in [-0.05, 0) is 18.2 Å². The number of alkyl halides is 3. The molecule has 0 amide bonds. The fourth-order valence-corrected chi connectivity index (χ4v) is 1.80. The summed E-state index contributed by atoms with van der Waals surface area (Å²) >= 11 is 5.87. The number of halogens is 5. The topological polar surface area (TPSA) is 35.0 Å². The van der Waals surface area contributed by atoms with Crippen LogP contribution < -0.4 is 4.74 Å². The van der Waals surface area contributed by atoms with Gasteiger partial charge in [0.25, 0.3) is 5.19 Å². The van der Waals surface area contributed by atoms with Crippen LogP contribution in [0.2, 0.25) is 5.02 Å². The van der Waals surface area contributed by atoms with Gasteiger partial charge in [0, 0.05) is 0 Å². The van der Waals surface area contributed by atoms with Crippen molar-refractivity contribution in [1.82, 2.24) is 10.2 Å². The molecule has 1 heterocycles. The van der Waals surface area contributed by atoms with Crippen molar-refractivity contribution >= 4 is 22.9 Å². The Labute approximate surface area is 107 Å². The van der Waals surface area contributed by atoms with Crippen LogP contribution >= 0.6 is 22.9 Å². The lowest BCUT2D eigenvalue weighted by molar-refractivity contribution is -0.138. The quantitative estimate of drug-likeness (QED) is 0.782. The van der Waals surface area contributed by atoms with E-state index in [4.69, 9.17) is 16.3 Å². The highest BCUT2D eigenvalue weighted by Crippen LogP contribution is 2.36. The van der Waals surface area contributed by atoms with Gasteiger partial charge in [0.1, 0.15) is 11.6 Å². The van der Waals surface area contributed by atoms with Crippen LogP contribution in [0.5, 0.6) is 10.9 Å². The predicted molar refractivity (Wildman–Crippen MR) is 56.4 cm³/mol. The molecule has 2 aromatic rings. The number of nitrogens with zero attached hydrogens (tertiary/aromatic N) is 2. The van der Waals surface area contributed by atoms with Crippen LogP contribution in [0.1, 0.15) is 5.01 Å². The summed E-state index contributed by atoms with van der Waals surface area (Å²) in [5.74, 6) is -0.580. The SMILES string of the molecule is Fc1ccc(Oc2nnc(C(F)(F)F)s2)c(Cl)c1. The lowest BCUT2D eigenvalue weighted by Gasteiger charge is -2.03. The Bertz CT molecular complexity index is 572. The molecule has 0 unspecified atom stereocenters. The molecule has 3 nitrogen and oxygen atoms in total. The van der Waals surface area contributed by atoms with E-state index in [1.54, 1.807) is 0 Å². The van der Waals surface area contributed by atoms with E-state index in [-0.39, 0.29) is 27.3 Å². The molecule has 18 heavy (non-hydrogen) atoms. The van der Waals surface area contributed by atoms with Gasteiger partial charge in [-0.25, -0.2) is 4.39 Å². The monoisotopic (exact) mass is 298 g/mol. The molecule has 0 aliphatic carbocycles. The van der Waals surface area contributed by atoms with Gasteiger partial charge in [-0.15, -0.1) is 5.10 Å². The summed E-state index contributed by atoms with van der Waals surface area (Å²) in [6.07, 6.45) is -4.58. The standard InChI is InChI=1S/C9H3ClF4N2OS/c10-5-3-4(11)1-2-6(5)17-8-16-15-7(18-8)9(12,13)14/h1-3H. The third-order valence-corrected chi connectivity index (χ3v) is 2.88. The Morgan fingerprint density at radius 3 is 2.50 bits per heavy atom. The van der Waals surface area contributed by atoms with E-state index < -0.39 is 17.0 Å². The zero-order valence-corrected chi connectivity index (χ0v) is 9.91. The molecule has 2 rings (SSSR count). The summed E-state index contributed by atoms with van der Waals surface area (Å²) in [5, 5.41) is 4.62. The third kappa shape index (κ3) is 2.88. The third-order valence-electron chi connectivity index (χ3n) is 1.74. The molecule has 0 radical (unpaired) electrons. The summed E-state index contributed by atoms with van der Waals surface area (Å²) in [6.45, 7) is 0. The number of benzene rings is 1. The van der Waals surface area contributed by atoms with Crippen molar-refractivity contribution in [3.05, 3.63) is 34.0 Å². The summed E-state index contributed by atoms with van der Waals surface area (Å²) in [4.78, 5) is 0. The van der Waals surface area contributed by atoms with Gasteiger partial charge in [0.2, 0.25) is 5.01 Å². The predicted octanol–water partition coefficient (Wildman–Crippen LogP) is 4.14. The number of rotatable bonds is 2. The second-order valence-corrected chi connectivity index (χ2v) is 4.39. The number of hydrogen-bond acceptors (Lipinski definition) is 4. The van der Waals surface area contributed by atoms with Crippen molar-refractivity contribution in [3.8, 4) is 10.9 Å². The average molecular weight is 299 g/mol. The zero-order chi connectivity index (χ0) is 13.3. The maximum Gasteiger partial charge on any atom is 0.445 e. The summed E-state index contributed by atoms with van der Waals surface area (Å²) in [6, 6.07) is 3.22. The van der Waals surface area contributed by atoms with Crippen LogP contribution in [0.25, 0.3) is 0 Å². The smallest absolute Gasteiger partial charge is 0.428 e. The second kappa shape index (κ2) is 4.69. The van der Waals surface area contributed by atoms with Crippen molar-refractivity contribution in [2.45, 2.75) is 6.18 Å². The molecule has 9 heteroatoms. The minimum atomic E-state index is -4.58. The molecule has 96 valence electrons. The summed E-state index contributed by atoms with van der Waals surface area (Å²) in [5.41, 5.74) is 0. The second-order valence-electron chi connectivity index (χ2n) is 3.05. The molecule has 0 fully saturated rings. The first-order valence-corrected chi connectivity index (χ1v) is 5.59. The van der Waals surface area contributed by atoms with Crippen LogP contribution in [0.4, 0.5) is 17.6 Å². The molecule has 0 spiro atoms. The van der Waals surface area contributed by atoms with Gasteiger partial charge in [-0.2, -0.15) is 13.2 Å². The molecule has 0 atom stereocenters. The lowest BCUT2D eigenvalue weighted by atomic mass is 10.3. The van der Waals surface area contributed by atoms with Crippen molar-refractivity contribution in [2.75, 3.05) is 0 Å². The van der Waals surface area contributed by atoms with Crippen molar-refractivity contribution in [3.63, 3.8) is 0 Å². The highest BCUT2D eigenvalue weighted by molar-refractivity contribution is 7.13. The molecule has 0 aliphatic heterocycles. The lowest BCUT2D eigenvalue weighted by Crippen LogP contribution is -2.03. The Morgan fingerprint density at radius 1 is 1.22 bits per heavy atom. The van der Waals surface area contributed by atoms with Gasteiger partial charge < -0.3 is 4.74 Å². The average Bonchev–Trinajstić information content (AvgIpc) is 2.70. The van der Waals surface area contributed by atoms with Crippen LogP contribution in [0.3, 0.4) is 0 Å². The maximum absolute atomic E-state index is 12.7. The molecular formula is C9H3ClF4N2OS. The molecular weight excluding hydrogens is 296 g/mol. The van der Waals surface area contributed by atoms with Crippen LogP contribution in [-0.4, -0.2) is 10.2 Å². The van der Waals surface area contributed by atoms with Crippen molar-refractivity contribution < 1.29 is 22.3 Å². The van der Waals surface area contributed by atoms with E-state index in [1.165, 1.54) is 6.07 Å². The van der Waals surface area contributed by atoms with Crippen LogP contribution in [0.15, 0.2) is 18.2 Å². The van der Waals surface area contributed by atoms with Gasteiger partial charge in [-0.1, -0.05) is 28.0 Å². The van der Waals surface area contributed by atoms with E-state index in [1.807, 2.05) is 0 Å². The fourth-order valence-electron chi connectivity index (χ4n) is 1.02. The van der Waals surface area contributed by atoms with E-state index in [9.17, 15) is 17.6 Å². The molecule has 0 aliphatic rings. The van der Waals surface area contributed by atoms with Gasteiger partial charge in [-0.3, -0.25) is 0 Å². The first-order chi connectivity index (χ1) is 8.36. The van der Waals surface area contributed by atoms with E-state index in [0.717, 1.165) is 12.1 Å². The molecule has 0 saturated carbocycles. The van der Waals surface area contributed by atoms with Crippen molar-refractivity contribution in [1.29, 1.82) is 0 Å². The Hall–Kier alpha value is -1.41. The molecule has 1 aromatic heterocycles. The molecule has 0 saturated heterocycles. The minimum absolute atomic E-state index is 0.00272. The van der Waals surface area contributed by atoms with Gasteiger partial charge in [0.05, 0.1) is 5.02 Å². The fraction of sp³-hybridized carbons (Fsp3) is 0.111. The van der Waals surface area contributed by atoms with Crippen LogP contribution in [-0.2, 0) is 6.18 Å². The van der Waals surface area contributed by atoms with Gasteiger partial charge in [0.15, 0.2) is 0 Å². The summed E-state index contributed by atoms with van der Waals surface area (Å²) < 4.78 is 54.5. The molecule has 1 aromatic carbocycles. The molecule has 0 N–H and O–H groups in total. The highest BCUT2D eigenvalue weighted by atomic mass is 35.5. The normalized spacial score (nSPS) is 11.6. The summed E-state index contributed by atoms with van der Waals surface area (Å²) in [7, 11) is 0. The molecule has 0 bridgehead atoms. The number of ether oxygens (including phenoxy) is 1. The Balaban J connectivity index is 2.21.